The van der Waals surface area contributed by atoms with Gasteiger partial charge in [0.1, 0.15) is 0 Å². The highest BCUT2D eigenvalue weighted by Crippen LogP contribution is 2.41. The van der Waals surface area contributed by atoms with Crippen molar-refractivity contribution in [1.29, 1.82) is 0 Å². The largest absolute Gasteiger partial charge is 0.208 e. The summed E-state index contributed by atoms with van der Waals surface area (Å²) in [5, 5.41) is 2.53. The first-order chi connectivity index (χ1) is 21.3. The first kappa shape index (κ1) is 25.3. The SMILES string of the molecule is c1ccc(-c2ccc(-c3cccc4sc5cc(-c6nc(-c7ccccc7)nc(-c7ccccc7)n6)ccc5c34)cc2)cc1. The molecule has 0 aliphatic rings. The fraction of sp³-hybridized carbons (Fsp3) is 0. The van der Waals surface area contributed by atoms with E-state index in [1.165, 1.54) is 42.4 Å². The van der Waals surface area contributed by atoms with Crippen molar-refractivity contribution in [2.45, 2.75) is 0 Å². The van der Waals surface area contributed by atoms with Crippen LogP contribution in [-0.2, 0) is 0 Å². The lowest BCUT2D eigenvalue weighted by Gasteiger charge is -2.09. The third-order valence-electron chi connectivity index (χ3n) is 7.76. The highest BCUT2D eigenvalue weighted by Gasteiger charge is 2.15. The molecule has 43 heavy (non-hydrogen) atoms. The van der Waals surface area contributed by atoms with Gasteiger partial charge in [-0.25, -0.2) is 15.0 Å². The number of hydrogen-bond donors (Lipinski definition) is 0. The van der Waals surface area contributed by atoms with E-state index in [4.69, 9.17) is 15.0 Å². The van der Waals surface area contributed by atoms with Crippen LogP contribution in [0.15, 0.2) is 152 Å². The van der Waals surface area contributed by atoms with E-state index < -0.39 is 0 Å². The molecule has 6 aromatic carbocycles. The van der Waals surface area contributed by atoms with E-state index in [-0.39, 0.29) is 0 Å². The van der Waals surface area contributed by atoms with Crippen molar-refractivity contribution >= 4 is 31.5 Å². The zero-order chi connectivity index (χ0) is 28.6. The van der Waals surface area contributed by atoms with Crippen LogP contribution in [0.3, 0.4) is 0 Å². The molecule has 0 saturated carbocycles. The van der Waals surface area contributed by atoms with E-state index in [9.17, 15) is 0 Å². The quantitative estimate of drug-likeness (QED) is 0.208. The summed E-state index contributed by atoms with van der Waals surface area (Å²) in [4.78, 5) is 14.7. The molecule has 0 aliphatic heterocycles. The summed E-state index contributed by atoms with van der Waals surface area (Å²) >= 11 is 1.81. The van der Waals surface area contributed by atoms with Crippen LogP contribution < -0.4 is 0 Å². The molecule has 2 heterocycles. The van der Waals surface area contributed by atoms with Crippen molar-refractivity contribution in [2.75, 3.05) is 0 Å². The van der Waals surface area contributed by atoms with E-state index in [1.54, 1.807) is 0 Å². The van der Waals surface area contributed by atoms with Gasteiger partial charge in [-0.3, -0.25) is 0 Å². The van der Waals surface area contributed by atoms with Gasteiger partial charge in [0.15, 0.2) is 17.5 Å². The van der Waals surface area contributed by atoms with Crippen LogP contribution in [0.4, 0.5) is 0 Å². The molecule has 0 amide bonds. The zero-order valence-corrected chi connectivity index (χ0v) is 24.0. The number of benzene rings is 6. The monoisotopic (exact) mass is 567 g/mol. The summed E-state index contributed by atoms with van der Waals surface area (Å²) in [5.74, 6) is 2.01. The van der Waals surface area contributed by atoms with Crippen LogP contribution in [0.25, 0.3) is 76.6 Å². The van der Waals surface area contributed by atoms with Crippen molar-refractivity contribution < 1.29 is 0 Å². The number of thiophene rings is 1. The third-order valence-corrected chi connectivity index (χ3v) is 8.88. The topological polar surface area (TPSA) is 38.7 Å². The molecule has 0 saturated heterocycles. The van der Waals surface area contributed by atoms with Gasteiger partial charge in [-0.05, 0) is 34.4 Å². The first-order valence-electron chi connectivity index (χ1n) is 14.3. The van der Waals surface area contributed by atoms with Crippen molar-refractivity contribution in [2.24, 2.45) is 0 Å². The van der Waals surface area contributed by atoms with Crippen molar-refractivity contribution in [3.63, 3.8) is 0 Å². The average Bonchev–Trinajstić information content (AvgIpc) is 3.47. The molecule has 0 bridgehead atoms. The minimum absolute atomic E-state index is 0.669. The molecule has 0 aliphatic carbocycles. The minimum Gasteiger partial charge on any atom is -0.208 e. The molecule has 0 unspecified atom stereocenters. The van der Waals surface area contributed by atoms with Gasteiger partial charge in [-0.1, -0.05) is 140 Å². The van der Waals surface area contributed by atoms with Gasteiger partial charge in [0.05, 0.1) is 0 Å². The Balaban J connectivity index is 1.24. The summed E-state index contributed by atoms with van der Waals surface area (Å²) in [5.41, 5.74) is 7.82. The van der Waals surface area contributed by atoms with Crippen LogP contribution >= 0.6 is 11.3 Å². The van der Waals surface area contributed by atoms with Gasteiger partial charge in [0.25, 0.3) is 0 Å². The van der Waals surface area contributed by atoms with Gasteiger partial charge in [-0.2, -0.15) is 0 Å². The Hall–Kier alpha value is -5.45. The standard InChI is InChI=1S/C39H25N3S/c1-4-11-26(12-5-1)27-19-21-28(22-20-27)32-17-10-18-34-36(32)33-24-23-31(25-35(33)43-34)39-41-37(29-13-6-2-7-14-29)40-38(42-39)30-15-8-3-9-16-30/h1-25H. The van der Waals surface area contributed by atoms with Crippen molar-refractivity contribution in [1.82, 2.24) is 15.0 Å². The second-order valence-corrected chi connectivity index (χ2v) is 11.6. The Kier molecular flexibility index (Phi) is 6.32. The molecular formula is C39H25N3S. The molecule has 8 aromatic rings. The second-order valence-electron chi connectivity index (χ2n) is 10.5. The first-order valence-corrected chi connectivity index (χ1v) is 15.1. The zero-order valence-electron chi connectivity index (χ0n) is 23.2. The maximum absolute atomic E-state index is 4.94. The highest BCUT2D eigenvalue weighted by atomic mass is 32.1. The maximum atomic E-state index is 4.94. The number of rotatable bonds is 5. The fourth-order valence-corrected chi connectivity index (χ4v) is 6.79. The lowest BCUT2D eigenvalue weighted by atomic mass is 9.97. The van der Waals surface area contributed by atoms with Crippen molar-refractivity contribution in [3.05, 3.63) is 152 Å². The molecule has 0 N–H and O–H groups in total. The molecular weight excluding hydrogens is 543 g/mol. The second kappa shape index (κ2) is 10.8. The third kappa shape index (κ3) is 4.78. The lowest BCUT2D eigenvalue weighted by Crippen LogP contribution is -1.99. The molecule has 202 valence electrons. The molecule has 4 heteroatoms. The molecule has 0 fully saturated rings. The maximum Gasteiger partial charge on any atom is 0.164 e. The molecule has 8 rings (SSSR count). The Bertz CT molecular complexity index is 2150. The summed E-state index contributed by atoms with van der Waals surface area (Å²) in [6.45, 7) is 0. The van der Waals surface area contributed by atoms with E-state index >= 15 is 0 Å². The van der Waals surface area contributed by atoms with Crippen LogP contribution in [0.1, 0.15) is 0 Å². The molecule has 3 nitrogen and oxygen atoms in total. The van der Waals surface area contributed by atoms with E-state index in [2.05, 4.69) is 91.0 Å². The summed E-state index contributed by atoms with van der Waals surface area (Å²) in [6.07, 6.45) is 0. The number of hydrogen-bond acceptors (Lipinski definition) is 4. The van der Waals surface area contributed by atoms with Crippen molar-refractivity contribution in [3.8, 4) is 56.4 Å². The Labute approximate surface area is 253 Å². The van der Waals surface area contributed by atoms with Crippen LogP contribution in [-0.4, -0.2) is 15.0 Å². The van der Waals surface area contributed by atoms with E-state index in [0.29, 0.717) is 17.5 Å². The highest BCUT2D eigenvalue weighted by molar-refractivity contribution is 7.26. The lowest BCUT2D eigenvalue weighted by molar-refractivity contribution is 1.07. The smallest absolute Gasteiger partial charge is 0.164 e. The van der Waals surface area contributed by atoms with Gasteiger partial charge in [0.2, 0.25) is 0 Å². The van der Waals surface area contributed by atoms with E-state index in [1.807, 2.05) is 72.0 Å². The fourth-order valence-electron chi connectivity index (χ4n) is 5.62. The number of aromatic nitrogens is 3. The molecule has 0 radical (unpaired) electrons. The molecule has 2 aromatic heterocycles. The minimum atomic E-state index is 0.669. The van der Waals surface area contributed by atoms with E-state index in [0.717, 1.165) is 16.7 Å². The normalized spacial score (nSPS) is 11.3. The summed E-state index contributed by atoms with van der Waals surface area (Å²) < 4.78 is 2.48. The number of fused-ring (bicyclic) bond motifs is 3. The average molecular weight is 568 g/mol. The number of nitrogens with zero attached hydrogens (tertiary/aromatic N) is 3. The van der Waals surface area contributed by atoms with Gasteiger partial charge < -0.3 is 0 Å². The Morgan fingerprint density at radius 1 is 0.349 bits per heavy atom. The van der Waals surface area contributed by atoms with Crippen LogP contribution in [0.2, 0.25) is 0 Å². The van der Waals surface area contributed by atoms with Crippen LogP contribution in [0, 0.1) is 0 Å². The van der Waals surface area contributed by atoms with Crippen LogP contribution in [0.5, 0.6) is 0 Å². The summed E-state index contributed by atoms with van der Waals surface area (Å²) in [6, 6.07) is 52.8. The van der Waals surface area contributed by atoms with Gasteiger partial charge >= 0.3 is 0 Å². The predicted octanol–water partition coefficient (Wildman–Crippen LogP) is 10.6. The molecule has 0 atom stereocenters. The van der Waals surface area contributed by atoms with Gasteiger partial charge in [-0.15, -0.1) is 11.3 Å². The predicted molar refractivity (Wildman–Crippen MR) is 180 cm³/mol. The Morgan fingerprint density at radius 3 is 1.44 bits per heavy atom. The Morgan fingerprint density at radius 2 is 0.837 bits per heavy atom. The molecule has 0 spiro atoms. The summed E-state index contributed by atoms with van der Waals surface area (Å²) in [7, 11) is 0. The van der Waals surface area contributed by atoms with Gasteiger partial charge in [0, 0.05) is 36.9 Å².